The van der Waals surface area contributed by atoms with Gasteiger partial charge in [-0.25, -0.2) is 8.42 Å². The molecule has 2 atom stereocenters. The summed E-state index contributed by atoms with van der Waals surface area (Å²) in [5, 5.41) is 8.80. The van der Waals surface area contributed by atoms with Gasteiger partial charge in [-0.1, -0.05) is 6.92 Å². The van der Waals surface area contributed by atoms with Crippen LogP contribution in [0.3, 0.4) is 0 Å². The number of rotatable bonds is 4. The topological polar surface area (TPSA) is 72.8 Å². The van der Waals surface area contributed by atoms with Gasteiger partial charge in [0.05, 0.1) is 13.2 Å². The molecular formula is C8H16O5S. The SMILES string of the molecule is CCS(=O)(=O)C[C@]1(C)OC[C@H](CO)O1. The van der Waals surface area contributed by atoms with E-state index in [0.29, 0.717) is 0 Å². The van der Waals surface area contributed by atoms with E-state index in [1.54, 1.807) is 13.8 Å². The van der Waals surface area contributed by atoms with Crippen LogP contribution in [0.1, 0.15) is 13.8 Å². The van der Waals surface area contributed by atoms with Crippen LogP contribution in [-0.2, 0) is 19.3 Å². The van der Waals surface area contributed by atoms with Gasteiger partial charge in [-0.3, -0.25) is 0 Å². The number of hydrogen-bond acceptors (Lipinski definition) is 5. The van der Waals surface area contributed by atoms with Gasteiger partial charge in [-0.2, -0.15) is 0 Å². The van der Waals surface area contributed by atoms with Crippen molar-refractivity contribution in [2.75, 3.05) is 24.7 Å². The summed E-state index contributed by atoms with van der Waals surface area (Å²) in [5.74, 6) is -1.19. The molecule has 0 bridgehead atoms. The Balaban J connectivity index is 2.61. The summed E-state index contributed by atoms with van der Waals surface area (Å²) in [6.45, 7) is 3.25. The van der Waals surface area contributed by atoms with Crippen LogP contribution in [0.4, 0.5) is 0 Å². The van der Waals surface area contributed by atoms with E-state index in [2.05, 4.69) is 0 Å². The van der Waals surface area contributed by atoms with Crippen molar-refractivity contribution < 1.29 is 23.0 Å². The molecule has 1 aliphatic heterocycles. The second kappa shape index (κ2) is 4.14. The molecule has 0 aromatic heterocycles. The summed E-state index contributed by atoms with van der Waals surface area (Å²) in [6.07, 6.45) is -0.410. The fourth-order valence-corrected chi connectivity index (χ4v) is 2.51. The van der Waals surface area contributed by atoms with Gasteiger partial charge in [0, 0.05) is 5.75 Å². The molecule has 14 heavy (non-hydrogen) atoms. The highest BCUT2D eigenvalue weighted by Crippen LogP contribution is 2.24. The van der Waals surface area contributed by atoms with Crippen LogP contribution in [0, 0.1) is 0 Å². The van der Waals surface area contributed by atoms with Crippen molar-refractivity contribution in [2.45, 2.75) is 25.7 Å². The minimum atomic E-state index is -3.12. The van der Waals surface area contributed by atoms with Gasteiger partial charge >= 0.3 is 0 Å². The molecule has 1 rings (SSSR count). The quantitative estimate of drug-likeness (QED) is 0.700. The molecule has 0 aromatic rings. The molecule has 1 fully saturated rings. The van der Waals surface area contributed by atoms with Crippen molar-refractivity contribution >= 4 is 9.84 Å². The second-order valence-corrected chi connectivity index (χ2v) is 5.90. The van der Waals surface area contributed by atoms with Gasteiger partial charge in [0.15, 0.2) is 15.6 Å². The minimum absolute atomic E-state index is 0.0686. The number of aliphatic hydroxyl groups is 1. The zero-order valence-electron chi connectivity index (χ0n) is 8.39. The fourth-order valence-electron chi connectivity index (χ4n) is 1.36. The maximum atomic E-state index is 11.3. The van der Waals surface area contributed by atoms with Crippen molar-refractivity contribution in [1.29, 1.82) is 0 Å². The Bertz CT molecular complexity index is 286. The van der Waals surface area contributed by atoms with Gasteiger partial charge < -0.3 is 14.6 Å². The van der Waals surface area contributed by atoms with E-state index in [0.717, 1.165) is 0 Å². The Kier molecular flexibility index (Phi) is 3.52. The zero-order chi connectivity index (χ0) is 10.8. The second-order valence-electron chi connectivity index (χ2n) is 3.54. The van der Waals surface area contributed by atoms with E-state index in [9.17, 15) is 8.42 Å². The third-order valence-corrected chi connectivity index (χ3v) is 3.96. The Morgan fingerprint density at radius 2 is 2.21 bits per heavy atom. The average Bonchev–Trinajstić information content (AvgIpc) is 2.46. The van der Waals surface area contributed by atoms with Crippen LogP contribution in [0.15, 0.2) is 0 Å². The first-order chi connectivity index (χ1) is 6.41. The Labute approximate surface area is 83.9 Å². The maximum Gasteiger partial charge on any atom is 0.180 e. The highest BCUT2D eigenvalue weighted by molar-refractivity contribution is 7.91. The van der Waals surface area contributed by atoms with Gasteiger partial charge in [-0.15, -0.1) is 0 Å². The number of hydrogen-bond donors (Lipinski definition) is 1. The predicted octanol–water partition coefficient (Wildman–Crippen LogP) is -0.455. The highest BCUT2D eigenvalue weighted by atomic mass is 32.2. The molecule has 1 heterocycles. The summed E-state index contributed by atoms with van der Waals surface area (Å²) < 4.78 is 33.2. The lowest BCUT2D eigenvalue weighted by Crippen LogP contribution is -2.36. The van der Waals surface area contributed by atoms with Crippen LogP contribution in [0.25, 0.3) is 0 Å². The Morgan fingerprint density at radius 3 is 2.64 bits per heavy atom. The largest absolute Gasteiger partial charge is 0.394 e. The third kappa shape index (κ3) is 2.91. The van der Waals surface area contributed by atoms with Crippen LogP contribution in [0.5, 0.6) is 0 Å². The molecule has 0 unspecified atom stereocenters. The van der Waals surface area contributed by atoms with Gasteiger partial charge in [0.25, 0.3) is 0 Å². The summed E-state index contributed by atoms with van der Waals surface area (Å²) in [4.78, 5) is 0. The molecule has 1 aliphatic rings. The van der Waals surface area contributed by atoms with Gasteiger partial charge in [0.2, 0.25) is 0 Å². The summed E-state index contributed by atoms with van der Waals surface area (Å²) >= 11 is 0. The molecule has 0 amide bonds. The molecular weight excluding hydrogens is 208 g/mol. The van der Waals surface area contributed by atoms with Crippen molar-refractivity contribution in [3.8, 4) is 0 Å². The highest BCUT2D eigenvalue weighted by Gasteiger charge is 2.40. The predicted molar refractivity (Wildman–Crippen MR) is 50.6 cm³/mol. The molecule has 0 saturated carbocycles. The van der Waals surface area contributed by atoms with Crippen LogP contribution >= 0.6 is 0 Å². The lowest BCUT2D eigenvalue weighted by Gasteiger charge is -2.22. The Morgan fingerprint density at radius 1 is 1.57 bits per heavy atom. The van der Waals surface area contributed by atoms with Crippen molar-refractivity contribution in [1.82, 2.24) is 0 Å². The minimum Gasteiger partial charge on any atom is -0.394 e. The van der Waals surface area contributed by atoms with E-state index in [1.807, 2.05) is 0 Å². The molecule has 0 radical (unpaired) electrons. The van der Waals surface area contributed by atoms with Crippen molar-refractivity contribution in [3.05, 3.63) is 0 Å². The molecule has 1 saturated heterocycles. The van der Waals surface area contributed by atoms with Crippen LogP contribution < -0.4 is 0 Å². The first-order valence-electron chi connectivity index (χ1n) is 4.54. The number of ether oxygens (including phenoxy) is 2. The van der Waals surface area contributed by atoms with Crippen molar-refractivity contribution in [2.24, 2.45) is 0 Å². The van der Waals surface area contributed by atoms with E-state index >= 15 is 0 Å². The van der Waals surface area contributed by atoms with Gasteiger partial charge in [-0.05, 0) is 6.92 Å². The summed E-state index contributed by atoms with van der Waals surface area (Å²) in [5.41, 5.74) is 0. The standard InChI is InChI=1S/C8H16O5S/c1-3-14(10,11)6-8(2)12-5-7(4-9)13-8/h7,9H,3-6H2,1-2H3/t7-,8+/m0/s1. The molecule has 0 aromatic carbocycles. The maximum absolute atomic E-state index is 11.3. The van der Waals surface area contributed by atoms with E-state index < -0.39 is 21.7 Å². The molecule has 0 spiro atoms. The monoisotopic (exact) mass is 224 g/mol. The molecule has 6 heteroatoms. The van der Waals surface area contributed by atoms with E-state index in [-0.39, 0.29) is 24.7 Å². The average molecular weight is 224 g/mol. The lowest BCUT2D eigenvalue weighted by atomic mass is 10.4. The number of aliphatic hydroxyl groups excluding tert-OH is 1. The van der Waals surface area contributed by atoms with Crippen LogP contribution in [-0.4, -0.2) is 50.1 Å². The lowest BCUT2D eigenvalue weighted by molar-refractivity contribution is -0.139. The molecule has 1 N–H and O–H groups in total. The Hall–Kier alpha value is -0.170. The molecule has 5 nitrogen and oxygen atoms in total. The molecule has 84 valence electrons. The first kappa shape index (κ1) is 11.9. The summed E-state index contributed by atoms with van der Waals surface area (Å²) in [6, 6.07) is 0. The van der Waals surface area contributed by atoms with Crippen LogP contribution in [0.2, 0.25) is 0 Å². The summed E-state index contributed by atoms with van der Waals surface area (Å²) in [7, 11) is -3.12. The third-order valence-electron chi connectivity index (χ3n) is 2.12. The van der Waals surface area contributed by atoms with Gasteiger partial charge in [0.1, 0.15) is 11.9 Å². The van der Waals surface area contributed by atoms with E-state index in [1.165, 1.54) is 0 Å². The van der Waals surface area contributed by atoms with Crippen molar-refractivity contribution in [3.63, 3.8) is 0 Å². The fraction of sp³-hybridized carbons (Fsp3) is 1.00. The normalized spacial score (nSPS) is 33.5. The molecule has 0 aliphatic carbocycles. The first-order valence-corrected chi connectivity index (χ1v) is 6.36. The number of sulfone groups is 1. The zero-order valence-corrected chi connectivity index (χ0v) is 9.21. The smallest absolute Gasteiger partial charge is 0.180 e. The van der Waals surface area contributed by atoms with E-state index in [4.69, 9.17) is 14.6 Å².